The Bertz CT molecular complexity index is 721. The van der Waals surface area contributed by atoms with Crippen molar-refractivity contribution >= 4 is 29.7 Å². The summed E-state index contributed by atoms with van der Waals surface area (Å²) < 4.78 is 1.95. The fourth-order valence-electron chi connectivity index (χ4n) is 4.02. The molecule has 0 aromatic carbocycles. The molecule has 8 heteroatoms. The molecule has 1 unspecified atom stereocenters. The highest BCUT2D eigenvalue weighted by Gasteiger charge is 2.21. The van der Waals surface area contributed by atoms with Gasteiger partial charge in [-0.1, -0.05) is 6.07 Å². The molecular weight excluding hydrogens is 394 g/mol. The van der Waals surface area contributed by atoms with Crippen molar-refractivity contribution in [3.05, 3.63) is 40.3 Å². The van der Waals surface area contributed by atoms with Crippen molar-refractivity contribution in [3.63, 3.8) is 0 Å². The van der Waals surface area contributed by atoms with Crippen LogP contribution in [0.4, 0.5) is 0 Å². The first-order valence-corrected chi connectivity index (χ1v) is 10.9. The molecule has 2 aliphatic rings. The first-order valence-electron chi connectivity index (χ1n) is 10.1. The molecule has 2 saturated heterocycles. The predicted molar refractivity (Wildman–Crippen MR) is 115 cm³/mol. The zero-order chi connectivity index (χ0) is 18.5. The monoisotopic (exact) mass is 423 g/mol. The van der Waals surface area contributed by atoms with Crippen LogP contribution >= 0.6 is 23.7 Å². The molecule has 6 nitrogen and oxygen atoms in total. The number of nitrogens with one attached hydrogen (secondary N) is 2. The van der Waals surface area contributed by atoms with E-state index in [9.17, 15) is 4.79 Å². The number of halogens is 1. The summed E-state index contributed by atoms with van der Waals surface area (Å²) in [5, 5.41) is 13.1. The molecule has 154 valence electrons. The van der Waals surface area contributed by atoms with Crippen LogP contribution in [0, 0.1) is 5.92 Å². The summed E-state index contributed by atoms with van der Waals surface area (Å²) in [6.45, 7) is 6.06. The normalized spacial score (nSPS) is 21.2. The van der Waals surface area contributed by atoms with E-state index in [2.05, 4.69) is 38.1 Å². The van der Waals surface area contributed by atoms with E-state index in [-0.39, 0.29) is 18.3 Å². The second-order valence-corrected chi connectivity index (χ2v) is 8.72. The van der Waals surface area contributed by atoms with Crippen molar-refractivity contribution < 1.29 is 4.79 Å². The van der Waals surface area contributed by atoms with Crippen LogP contribution in [-0.2, 0) is 6.54 Å². The highest BCUT2D eigenvalue weighted by atomic mass is 35.5. The Kier molecular flexibility index (Phi) is 7.91. The lowest BCUT2D eigenvalue weighted by atomic mass is 9.96. The van der Waals surface area contributed by atoms with Gasteiger partial charge in [0.1, 0.15) is 5.69 Å². The van der Waals surface area contributed by atoms with Gasteiger partial charge in [-0.25, -0.2) is 0 Å². The number of nitrogens with zero attached hydrogens (tertiary/aromatic N) is 3. The molecule has 4 rings (SSSR count). The molecule has 2 aliphatic heterocycles. The smallest absolute Gasteiger partial charge is 0.271 e. The zero-order valence-corrected chi connectivity index (χ0v) is 17.8. The van der Waals surface area contributed by atoms with Crippen molar-refractivity contribution in [1.82, 2.24) is 25.3 Å². The summed E-state index contributed by atoms with van der Waals surface area (Å²) in [5.41, 5.74) is 0.538. The molecule has 4 heterocycles. The largest absolute Gasteiger partial charge is 0.350 e. The van der Waals surface area contributed by atoms with Crippen molar-refractivity contribution in [2.24, 2.45) is 5.92 Å². The number of likely N-dealkylation sites (tertiary alicyclic amines) is 1. The minimum atomic E-state index is -0.0430. The Balaban J connectivity index is 0.00000225. The average molecular weight is 424 g/mol. The van der Waals surface area contributed by atoms with Crippen LogP contribution in [0.3, 0.4) is 0 Å². The second kappa shape index (κ2) is 10.4. The van der Waals surface area contributed by atoms with Crippen molar-refractivity contribution in [3.8, 4) is 0 Å². The lowest BCUT2D eigenvalue weighted by Gasteiger charge is -2.31. The third kappa shape index (κ3) is 5.56. The predicted octanol–water partition coefficient (Wildman–Crippen LogP) is 2.93. The maximum atomic E-state index is 12.4. The van der Waals surface area contributed by atoms with Gasteiger partial charge in [0.05, 0.1) is 6.04 Å². The Morgan fingerprint density at radius 2 is 2.14 bits per heavy atom. The molecule has 1 atom stereocenters. The fraction of sp³-hybridized carbons (Fsp3) is 0.600. The van der Waals surface area contributed by atoms with Gasteiger partial charge in [0.15, 0.2) is 0 Å². The number of carbonyl (C=O) groups excluding carboxylic acids is 1. The molecule has 0 aliphatic carbocycles. The number of aromatic nitrogens is 2. The van der Waals surface area contributed by atoms with Crippen LogP contribution in [0.25, 0.3) is 0 Å². The van der Waals surface area contributed by atoms with Crippen LogP contribution in [0.5, 0.6) is 0 Å². The average Bonchev–Trinajstić information content (AvgIpc) is 3.40. The van der Waals surface area contributed by atoms with E-state index in [1.165, 1.54) is 4.88 Å². The van der Waals surface area contributed by atoms with Crippen LogP contribution in [-0.4, -0.2) is 53.3 Å². The summed E-state index contributed by atoms with van der Waals surface area (Å²) in [4.78, 5) is 16.4. The molecule has 2 aromatic rings. The van der Waals surface area contributed by atoms with Crippen LogP contribution in [0.1, 0.15) is 47.1 Å². The maximum absolute atomic E-state index is 12.4. The number of rotatable bonds is 6. The zero-order valence-electron chi connectivity index (χ0n) is 16.2. The van der Waals surface area contributed by atoms with Crippen LogP contribution in [0.2, 0.25) is 0 Å². The van der Waals surface area contributed by atoms with E-state index in [4.69, 9.17) is 0 Å². The molecule has 2 fully saturated rings. The van der Waals surface area contributed by atoms with E-state index in [0.717, 1.165) is 65.0 Å². The molecule has 0 bridgehead atoms. The van der Waals surface area contributed by atoms with E-state index < -0.39 is 0 Å². The quantitative estimate of drug-likeness (QED) is 0.749. The van der Waals surface area contributed by atoms with Gasteiger partial charge in [-0.05, 0) is 68.7 Å². The second-order valence-electron chi connectivity index (χ2n) is 7.69. The number of thiophene rings is 1. The van der Waals surface area contributed by atoms with Gasteiger partial charge in [-0.2, -0.15) is 5.10 Å². The maximum Gasteiger partial charge on any atom is 0.271 e. The Morgan fingerprint density at radius 3 is 2.86 bits per heavy atom. The highest BCUT2D eigenvalue weighted by molar-refractivity contribution is 7.09. The van der Waals surface area contributed by atoms with Gasteiger partial charge >= 0.3 is 0 Å². The Labute approximate surface area is 177 Å². The van der Waals surface area contributed by atoms with Gasteiger partial charge in [0.25, 0.3) is 5.91 Å². The van der Waals surface area contributed by atoms with E-state index in [0.29, 0.717) is 17.7 Å². The molecule has 0 spiro atoms. The number of hydrogen-bond acceptors (Lipinski definition) is 5. The summed E-state index contributed by atoms with van der Waals surface area (Å²) in [5.74, 6) is 0.525. The third-order valence-corrected chi connectivity index (χ3v) is 6.57. The van der Waals surface area contributed by atoms with Gasteiger partial charge in [-0.3, -0.25) is 14.4 Å². The summed E-state index contributed by atoms with van der Waals surface area (Å²) in [6, 6.07) is 6.54. The summed E-state index contributed by atoms with van der Waals surface area (Å²) >= 11 is 1.83. The van der Waals surface area contributed by atoms with Crippen molar-refractivity contribution in [2.45, 2.75) is 38.3 Å². The van der Waals surface area contributed by atoms with E-state index in [1.54, 1.807) is 0 Å². The SMILES string of the molecule is Cl.O=C(NCC1CCN(Cc2cccs2)CC1)c1ccn(C2CCCNC2)n1. The first kappa shape index (κ1) is 21.3. The third-order valence-electron chi connectivity index (χ3n) is 5.70. The van der Waals surface area contributed by atoms with E-state index >= 15 is 0 Å². The summed E-state index contributed by atoms with van der Waals surface area (Å²) in [7, 11) is 0. The van der Waals surface area contributed by atoms with Gasteiger partial charge in [0.2, 0.25) is 0 Å². The Hall–Kier alpha value is -1.41. The Morgan fingerprint density at radius 1 is 1.29 bits per heavy atom. The molecule has 0 saturated carbocycles. The highest BCUT2D eigenvalue weighted by Crippen LogP contribution is 2.20. The van der Waals surface area contributed by atoms with Crippen LogP contribution < -0.4 is 10.6 Å². The fourth-order valence-corrected chi connectivity index (χ4v) is 4.77. The molecule has 2 aromatic heterocycles. The van der Waals surface area contributed by atoms with Gasteiger partial charge in [-0.15, -0.1) is 23.7 Å². The number of hydrogen-bond donors (Lipinski definition) is 2. The van der Waals surface area contributed by atoms with Crippen molar-refractivity contribution in [2.75, 3.05) is 32.7 Å². The molecule has 1 amide bonds. The summed E-state index contributed by atoms with van der Waals surface area (Å²) in [6.07, 6.45) is 6.52. The van der Waals surface area contributed by atoms with E-state index in [1.807, 2.05) is 28.3 Å². The van der Waals surface area contributed by atoms with Crippen LogP contribution in [0.15, 0.2) is 29.8 Å². The molecular formula is C20H30ClN5OS. The van der Waals surface area contributed by atoms with Gasteiger partial charge in [0, 0.05) is 30.7 Å². The topological polar surface area (TPSA) is 62.2 Å². The van der Waals surface area contributed by atoms with Gasteiger partial charge < -0.3 is 10.6 Å². The minimum absolute atomic E-state index is 0. The van der Waals surface area contributed by atoms with Crippen molar-refractivity contribution in [1.29, 1.82) is 0 Å². The molecule has 2 N–H and O–H groups in total. The minimum Gasteiger partial charge on any atom is -0.350 e. The molecule has 0 radical (unpaired) electrons. The standard InChI is InChI=1S/C20H29N5OS.ClH/c26-20(19-7-11-25(23-19)17-3-1-8-21-14-17)22-13-16-5-9-24(10-6-16)15-18-4-2-12-27-18;/h2,4,7,11-12,16-17,21H,1,3,5-6,8-10,13-15H2,(H,22,26);1H. The molecule has 28 heavy (non-hydrogen) atoms. The number of amides is 1. The number of piperidine rings is 2. The number of carbonyl (C=O) groups is 1. The lowest BCUT2D eigenvalue weighted by molar-refractivity contribution is 0.0929. The first-order chi connectivity index (χ1) is 13.3. The lowest BCUT2D eigenvalue weighted by Crippen LogP contribution is -2.38.